The normalized spacial score (nSPS) is 15.8. The Kier molecular flexibility index (Phi) is 2.39. The number of aryl methyl sites for hydroxylation is 1. The molecule has 3 nitrogen and oxygen atoms in total. The largest absolute Gasteiger partial charge is 0.382 e. The molecule has 0 amide bonds. The molecular weight excluding hydrogens is 212 g/mol. The minimum atomic E-state index is 0.0468. The lowest BCUT2D eigenvalue weighted by Gasteiger charge is -2.28. The summed E-state index contributed by atoms with van der Waals surface area (Å²) in [5.74, 6) is 0. The Labute approximate surface area is 100 Å². The van der Waals surface area contributed by atoms with E-state index in [1.54, 1.807) is 10.6 Å². The van der Waals surface area contributed by atoms with Crippen LogP contribution in [0, 0.1) is 0 Å². The minimum absolute atomic E-state index is 0.0468. The standard InChI is InChI=1S/C14H16N2O/c1-16-13-8-3-2-7-11(13)12(9-14(16)17)15-10-5-4-6-10/h2-3,7-10,15H,4-6H2,1H3. The van der Waals surface area contributed by atoms with Crippen LogP contribution in [0.3, 0.4) is 0 Å². The first-order chi connectivity index (χ1) is 8.25. The van der Waals surface area contributed by atoms with E-state index in [-0.39, 0.29) is 5.56 Å². The number of hydrogen-bond donors (Lipinski definition) is 1. The Bertz CT molecular complexity index is 611. The van der Waals surface area contributed by atoms with Gasteiger partial charge < -0.3 is 9.88 Å². The number of nitrogens with zero attached hydrogens (tertiary/aromatic N) is 1. The van der Waals surface area contributed by atoms with Gasteiger partial charge in [0.15, 0.2) is 0 Å². The fourth-order valence-electron chi connectivity index (χ4n) is 2.30. The summed E-state index contributed by atoms with van der Waals surface area (Å²) in [6.07, 6.45) is 3.72. The molecule has 1 aromatic carbocycles. The number of fused-ring (bicyclic) bond motifs is 1. The predicted octanol–water partition coefficient (Wildman–Crippen LogP) is 2.50. The van der Waals surface area contributed by atoms with Gasteiger partial charge in [-0.2, -0.15) is 0 Å². The molecule has 0 aliphatic heterocycles. The van der Waals surface area contributed by atoms with Crippen LogP contribution < -0.4 is 10.9 Å². The number of rotatable bonds is 2. The first-order valence-corrected chi connectivity index (χ1v) is 6.11. The molecule has 1 aliphatic carbocycles. The maximum Gasteiger partial charge on any atom is 0.252 e. The Morgan fingerprint density at radius 3 is 2.76 bits per heavy atom. The molecule has 1 aliphatic rings. The molecule has 2 aromatic rings. The summed E-state index contributed by atoms with van der Waals surface area (Å²) in [7, 11) is 1.82. The van der Waals surface area contributed by atoms with E-state index in [2.05, 4.69) is 11.4 Å². The molecule has 1 N–H and O–H groups in total. The average Bonchev–Trinajstić information content (AvgIpc) is 2.30. The van der Waals surface area contributed by atoms with Gasteiger partial charge >= 0.3 is 0 Å². The Hall–Kier alpha value is -1.77. The Balaban J connectivity index is 2.16. The van der Waals surface area contributed by atoms with E-state index in [0.29, 0.717) is 6.04 Å². The smallest absolute Gasteiger partial charge is 0.252 e. The predicted molar refractivity (Wildman–Crippen MR) is 70.5 cm³/mol. The Morgan fingerprint density at radius 1 is 1.29 bits per heavy atom. The zero-order chi connectivity index (χ0) is 11.8. The van der Waals surface area contributed by atoms with Gasteiger partial charge in [0.25, 0.3) is 5.56 Å². The average molecular weight is 228 g/mol. The van der Waals surface area contributed by atoms with Crippen molar-refractivity contribution in [2.75, 3.05) is 5.32 Å². The third-order valence-electron chi connectivity index (χ3n) is 3.62. The van der Waals surface area contributed by atoms with Crippen molar-refractivity contribution in [2.45, 2.75) is 25.3 Å². The number of anilines is 1. The lowest BCUT2D eigenvalue weighted by Crippen LogP contribution is -2.28. The van der Waals surface area contributed by atoms with Crippen molar-refractivity contribution in [3.05, 3.63) is 40.7 Å². The lowest BCUT2D eigenvalue weighted by molar-refractivity contribution is 0.446. The highest BCUT2D eigenvalue weighted by molar-refractivity contribution is 5.91. The molecule has 0 unspecified atom stereocenters. The minimum Gasteiger partial charge on any atom is -0.382 e. The van der Waals surface area contributed by atoms with E-state index in [0.717, 1.165) is 16.6 Å². The summed E-state index contributed by atoms with van der Waals surface area (Å²) >= 11 is 0. The number of pyridine rings is 1. The SMILES string of the molecule is Cn1c(=O)cc(NC2CCC2)c2ccccc21. The van der Waals surface area contributed by atoms with Crippen LogP contribution in [0.5, 0.6) is 0 Å². The summed E-state index contributed by atoms with van der Waals surface area (Å²) in [4.78, 5) is 11.9. The zero-order valence-corrected chi connectivity index (χ0v) is 9.94. The van der Waals surface area contributed by atoms with E-state index in [4.69, 9.17) is 0 Å². The van der Waals surface area contributed by atoms with Crippen LogP contribution in [-0.2, 0) is 7.05 Å². The molecule has 0 bridgehead atoms. The van der Waals surface area contributed by atoms with Crippen molar-refractivity contribution in [3.63, 3.8) is 0 Å². The van der Waals surface area contributed by atoms with Gasteiger partial charge in [0.1, 0.15) is 0 Å². The van der Waals surface area contributed by atoms with Gasteiger partial charge in [0, 0.05) is 30.2 Å². The zero-order valence-electron chi connectivity index (χ0n) is 9.94. The van der Waals surface area contributed by atoms with E-state index in [9.17, 15) is 4.79 Å². The third kappa shape index (κ3) is 1.71. The monoisotopic (exact) mass is 228 g/mol. The molecule has 3 heteroatoms. The van der Waals surface area contributed by atoms with Crippen molar-refractivity contribution in [1.82, 2.24) is 4.57 Å². The molecule has 1 saturated carbocycles. The number of nitrogens with one attached hydrogen (secondary N) is 1. The highest BCUT2D eigenvalue weighted by Gasteiger charge is 2.18. The summed E-state index contributed by atoms with van der Waals surface area (Å²) in [6.45, 7) is 0. The van der Waals surface area contributed by atoms with Gasteiger partial charge in [-0.25, -0.2) is 0 Å². The van der Waals surface area contributed by atoms with Crippen LogP contribution in [0.15, 0.2) is 35.1 Å². The fourth-order valence-corrected chi connectivity index (χ4v) is 2.30. The summed E-state index contributed by atoms with van der Waals surface area (Å²) in [5.41, 5.74) is 2.01. The van der Waals surface area contributed by atoms with Crippen LogP contribution >= 0.6 is 0 Å². The highest BCUT2D eigenvalue weighted by Crippen LogP contribution is 2.27. The third-order valence-corrected chi connectivity index (χ3v) is 3.62. The maximum absolute atomic E-state index is 11.9. The van der Waals surface area contributed by atoms with E-state index in [1.807, 2.05) is 25.2 Å². The molecular formula is C14H16N2O. The molecule has 0 spiro atoms. The molecule has 1 aromatic heterocycles. The van der Waals surface area contributed by atoms with Crippen molar-refractivity contribution >= 4 is 16.6 Å². The van der Waals surface area contributed by atoms with Crippen LogP contribution in [0.25, 0.3) is 10.9 Å². The quantitative estimate of drug-likeness (QED) is 0.857. The first kappa shape index (κ1) is 10.4. The van der Waals surface area contributed by atoms with E-state index in [1.165, 1.54) is 19.3 Å². The molecule has 0 saturated heterocycles. The van der Waals surface area contributed by atoms with Crippen LogP contribution in [0.2, 0.25) is 0 Å². The van der Waals surface area contributed by atoms with E-state index < -0.39 is 0 Å². The van der Waals surface area contributed by atoms with Crippen LogP contribution in [0.4, 0.5) is 5.69 Å². The summed E-state index contributed by atoms with van der Waals surface area (Å²) < 4.78 is 1.70. The van der Waals surface area contributed by atoms with Crippen molar-refractivity contribution in [1.29, 1.82) is 0 Å². The second kappa shape index (κ2) is 3.91. The first-order valence-electron chi connectivity index (χ1n) is 6.11. The summed E-state index contributed by atoms with van der Waals surface area (Å²) in [5, 5.41) is 4.60. The van der Waals surface area contributed by atoms with Gasteiger partial charge in [-0.1, -0.05) is 18.2 Å². The second-order valence-electron chi connectivity index (χ2n) is 4.74. The van der Waals surface area contributed by atoms with Gasteiger partial charge in [-0.05, 0) is 25.3 Å². The molecule has 88 valence electrons. The molecule has 0 radical (unpaired) electrons. The highest BCUT2D eigenvalue weighted by atomic mass is 16.1. The second-order valence-corrected chi connectivity index (χ2v) is 4.74. The molecule has 0 atom stereocenters. The van der Waals surface area contributed by atoms with Gasteiger partial charge in [0.2, 0.25) is 0 Å². The number of hydrogen-bond acceptors (Lipinski definition) is 2. The molecule has 1 fully saturated rings. The molecule has 1 heterocycles. The number of benzene rings is 1. The van der Waals surface area contributed by atoms with Crippen molar-refractivity contribution in [2.24, 2.45) is 7.05 Å². The van der Waals surface area contributed by atoms with Crippen LogP contribution in [-0.4, -0.2) is 10.6 Å². The van der Waals surface area contributed by atoms with Crippen molar-refractivity contribution in [3.8, 4) is 0 Å². The van der Waals surface area contributed by atoms with E-state index >= 15 is 0 Å². The number of para-hydroxylation sites is 1. The maximum atomic E-state index is 11.9. The fraction of sp³-hybridized carbons (Fsp3) is 0.357. The van der Waals surface area contributed by atoms with Gasteiger partial charge in [-0.3, -0.25) is 4.79 Å². The van der Waals surface area contributed by atoms with Crippen molar-refractivity contribution < 1.29 is 0 Å². The molecule has 17 heavy (non-hydrogen) atoms. The number of aromatic nitrogens is 1. The van der Waals surface area contributed by atoms with Gasteiger partial charge in [0.05, 0.1) is 5.52 Å². The Morgan fingerprint density at radius 2 is 2.06 bits per heavy atom. The summed E-state index contributed by atoms with van der Waals surface area (Å²) in [6, 6.07) is 10.3. The van der Waals surface area contributed by atoms with Gasteiger partial charge in [-0.15, -0.1) is 0 Å². The lowest BCUT2D eigenvalue weighted by atomic mass is 9.93. The van der Waals surface area contributed by atoms with Crippen LogP contribution in [0.1, 0.15) is 19.3 Å². The topological polar surface area (TPSA) is 34.0 Å². The molecule has 3 rings (SSSR count).